The lowest BCUT2D eigenvalue weighted by Gasteiger charge is -2.21. The molecular weight excluding hydrogens is 330 g/mol. The molecule has 1 N–H and O–H groups in total. The van der Waals surface area contributed by atoms with Gasteiger partial charge in [-0.2, -0.15) is 0 Å². The molecule has 0 aliphatic heterocycles. The number of hydrogen-bond acceptors (Lipinski definition) is 4. The van der Waals surface area contributed by atoms with Crippen LogP contribution >= 0.6 is 0 Å². The molecule has 138 valence electrons. The molecule has 1 amide bonds. The predicted molar refractivity (Wildman–Crippen MR) is 99.2 cm³/mol. The Kier molecular flexibility index (Phi) is 5.61. The van der Waals surface area contributed by atoms with Gasteiger partial charge >= 0.3 is 0 Å². The highest BCUT2D eigenvalue weighted by Crippen LogP contribution is 2.30. The maximum absolute atomic E-state index is 12.7. The molecule has 6 nitrogen and oxygen atoms in total. The van der Waals surface area contributed by atoms with Crippen molar-refractivity contribution in [3.05, 3.63) is 54.1 Å². The summed E-state index contributed by atoms with van der Waals surface area (Å²) < 4.78 is 12.7. The van der Waals surface area contributed by atoms with Crippen molar-refractivity contribution in [3.63, 3.8) is 0 Å². The maximum Gasteiger partial charge on any atom is 0.221 e. The number of hydrogen-bond donors (Lipinski definition) is 1. The van der Waals surface area contributed by atoms with Crippen LogP contribution in [0.5, 0.6) is 11.5 Å². The Hall–Kier alpha value is -2.76. The molecule has 0 fully saturated rings. The van der Waals surface area contributed by atoms with Crippen LogP contribution in [0.1, 0.15) is 36.7 Å². The monoisotopic (exact) mass is 355 g/mol. The van der Waals surface area contributed by atoms with Gasteiger partial charge in [0.05, 0.1) is 14.2 Å². The van der Waals surface area contributed by atoms with Gasteiger partial charge in [-0.1, -0.05) is 12.2 Å². The third-order valence-electron chi connectivity index (χ3n) is 4.69. The summed E-state index contributed by atoms with van der Waals surface area (Å²) >= 11 is 0. The van der Waals surface area contributed by atoms with Crippen LogP contribution in [0.2, 0.25) is 0 Å². The Labute approximate surface area is 153 Å². The minimum absolute atomic E-state index is 0.0105. The average molecular weight is 355 g/mol. The third kappa shape index (κ3) is 4.07. The van der Waals surface area contributed by atoms with Crippen molar-refractivity contribution in [3.8, 4) is 11.5 Å². The molecule has 0 unspecified atom stereocenters. The fourth-order valence-electron chi connectivity index (χ4n) is 3.27. The van der Waals surface area contributed by atoms with E-state index < -0.39 is 0 Å². The second-order valence-electron chi connectivity index (χ2n) is 6.51. The predicted octanol–water partition coefficient (Wildman–Crippen LogP) is 3.00. The first-order valence-electron chi connectivity index (χ1n) is 8.77. The summed E-state index contributed by atoms with van der Waals surface area (Å²) in [6, 6.07) is 5.23. The summed E-state index contributed by atoms with van der Waals surface area (Å²) in [6.45, 7) is 0. The number of nitrogens with one attached hydrogen (secondary N) is 1. The highest BCUT2D eigenvalue weighted by atomic mass is 16.5. The van der Waals surface area contributed by atoms with Crippen LogP contribution in [-0.2, 0) is 11.8 Å². The Bertz CT molecular complexity index is 775. The van der Waals surface area contributed by atoms with Crippen molar-refractivity contribution >= 4 is 5.91 Å². The van der Waals surface area contributed by atoms with Crippen molar-refractivity contribution in [1.29, 1.82) is 0 Å². The number of benzene rings is 1. The first-order valence-corrected chi connectivity index (χ1v) is 8.77. The van der Waals surface area contributed by atoms with Crippen LogP contribution in [0.3, 0.4) is 0 Å². The van der Waals surface area contributed by atoms with E-state index in [0.717, 1.165) is 24.2 Å². The van der Waals surface area contributed by atoms with E-state index in [1.807, 2.05) is 36.0 Å². The maximum atomic E-state index is 12.7. The minimum atomic E-state index is -0.378. The molecule has 0 bridgehead atoms. The van der Waals surface area contributed by atoms with Crippen LogP contribution in [0.15, 0.2) is 42.7 Å². The zero-order chi connectivity index (χ0) is 18.5. The number of rotatable bonds is 7. The van der Waals surface area contributed by atoms with E-state index >= 15 is 0 Å². The zero-order valence-corrected chi connectivity index (χ0v) is 15.4. The number of ether oxygens (including phenoxy) is 2. The number of imidazole rings is 1. The van der Waals surface area contributed by atoms with Crippen LogP contribution in [0, 0.1) is 5.92 Å². The molecule has 2 aromatic rings. The molecule has 0 saturated heterocycles. The number of aryl methyl sites for hydroxylation is 1. The zero-order valence-electron chi connectivity index (χ0n) is 15.4. The van der Waals surface area contributed by atoms with Gasteiger partial charge in [0, 0.05) is 31.9 Å². The Morgan fingerprint density at radius 2 is 2.04 bits per heavy atom. The van der Waals surface area contributed by atoms with Crippen LogP contribution in [-0.4, -0.2) is 29.7 Å². The van der Waals surface area contributed by atoms with E-state index in [2.05, 4.69) is 22.5 Å². The van der Waals surface area contributed by atoms with Crippen molar-refractivity contribution in [2.75, 3.05) is 14.2 Å². The number of amides is 1. The number of nitrogens with zero attached hydrogens (tertiary/aromatic N) is 2. The highest BCUT2D eigenvalue weighted by molar-refractivity contribution is 5.77. The Balaban J connectivity index is 1.90. The van der Waals surface area contributed by atoms with E-state index in [-0.39, 0.29) is 11.9 Å². The molecule has 0 radical (unpaired) electrons. The van der Waals surface area contributed by atoms with Crippen molar-refractivity contribution in [1.82, 2.24) is 14.9 Å². The van der Waals surface area contributed by atoms with Gasteiger partial charge in [-0.05, 0) is 36.5 Å². The molecule has 26 heavy (non-hydrogen) atoms. The number of allylic oxidation sites excluding steroid dienone is 2. The molecule has 0 saturated carbocycles. The van der Waals surface area contributed by atoms with Gasteiger partial charge in [-0.3, -0.25) is 4.79 Å². The average Bonchev–Trinajstić information content (AvgIpc) is 3.30. The van der Waals surface area contributed by atoms with Gasteiger partial charge in [0.2, 0.25) is 5.91 Å². The molecule has 0 spiro atoms. The van der Waals surface area contributed by atoms with E-state index in [0.29, 0.717) is 23.8 Å². The molecule has 2 atom stereocenters. The molecule has 3 rings (SSSR count). The topological polar surface area (TPSA) is 65.4 Å². The molecule has 1 aliphatic carbocycles. The molecule has 6 heteroatoms. The summed E-state index contributed by atoms with van der Waals surface area (Å²) in [7, 11) is 5.14. The van der Waals surface area contributed by atoms with Crippen LogP contribution in [0.25, 0.3) is 0 Å². The first kappa shape index (κ1) is 18.0. The second kappa shape index (κ2) is 8.08. The molecule has 1 aliphatic rings. The van der Waals surface area contributed by atoms with Gasteiger partial charge < -0.3 is 19.4 Å². The van der Waals surface area contributed by atoms with E-state index in [1.54, 1.807) is 20.4 Å². The molecule has 1 heterocycles. The fraction of sp³-hybridized carbons (Fsp3) is 0.400. The van der Waals surface area contributed by atoms with Gasteiger partial charge in [0.25, 0.3) is 0 Å². The Morgan fingerprint density at radius 1 is 1.31 bits per heavy atom. The number of aromatic nitrogens is 2. The summed E-state index contributed by atoms with van der Waals surface area (Å²) in [6.07, 6.45) is 10.4. The van der Waals surface area contributed by atoms with E-state index in [1.165, 1.54) is 0 Å². The molecular formula is C20H25N3O3. The Morgan fingerprint density at radius 3 is 2.58 bits per heavy atom. The summed E-state index contributed by atoms with van der Waals surface area (Å²) in [5.41, 5.74) is 0.866. The number of methoxy groups -OCH3 is 2. The third-order valence-corrected chi connectivity index (χ3v) is 4.69. The standard InChI is InChI=1S/C20H25N3O3/c1-23-9-8-21-20(23)19(22-18(24)10-14-6-4-5-7-14)15-11-16(25-2)13-17(12-15)26-3/h4,6,8-9,11-14,19H,5,7,10H2,1-3H3,(H,22,24)/t14-,19-/m1/s1. The lowest BCUT2D eigenvalue weighted by Crippen LogP contribution is -2.32. The lowest BCUT2D eigenvalue weighted by atomic mass is 10.0. The summed E-state index contributed by atoms with van der Waals surface area (Å²) in [5, 5.41) is 3.14. The second-order valence-corrected chi connectivity index (χ2v) is 6.51. The summed E-state index contributed by atoms with van der Waals surface area (Å²) in [4.78, 5) is 17.1. The SMILES string of the molecule is COc1cc(OC)cc([C@@H](NC(=O)C[C@@H]2C=CCC2)c2nccn2C)c1. The fourth-order valence-corrected chi connectivity index (χ4v) is 3.27. The van der Waals surface area contributed by atoms with Crippen molar-refractivity contribution < 1.29 is 14.3 Å². The highest BCUT2D eigenvalue weighted by Gasteiger charge is 2.24. The number of carbonyl (C=O) groups is 1. The number of carbonyl (C=O) groups excluding carboxylic acids is 1. The van der Waals surface area contributed by atoms with Gasteiger partial charge in [0.1, 0.15) is 23.4 Å². The molecule has 1 aromatic carbocycles. The van der Waals surface area contributed by atoms with E-state index in [9.17, 15) is 4.79 Å². The first-order chi connectivity index (χ1) is 12.6. The van der Waals surface area contributed by atoms with Crippen molar-refractivity contribution in [2.45, 2.75) is 25.3 Å². The largest absolute Gasteiger partial charge is 0.497 e. The van der Waals surface area contributed by atoms with Crippen LogP contribution < -0.4 is 14.8 Å². The van der Waals surface area contributed by atoms with Crippen molar-refractivity contribution in [2.24, 2.45) is 13.0 Å². The lowest BCUT2D eigenvalue weighted by molar-refractivity contribution is -0.122. The quantitative estimate of drug-likeness (QED) is 0.776. The van der Waals surface area contributed by atoms with E-state index in [4.69, 9.17) is 9.47 Å². The van der Waals surface area contributed by atoms with Gasteiger partial charge in [0.15, 0.2) is 0 Å². The van der Waals surface area contributed by atoms with Gasteiger partial charge in [-0.15, -0.1) is 0 Å². The molecule has 1 aromatic heterocycles. The minimum Gasteiger partial charge on any atom is -0.497 e. The summed E-state index contributed by atoms with van der Waals surface area (Å²) in [5.74, 6) is 2.43. The van der Waals surface area contributed by atoms with Crippen LogP contribution in [0.4, 0.5) is 0 Å². The normalized spacial score (nSPS) is 17.1. The van der Waals surface area contributed by atoms with Gasteiger partial charge in [-0.25, -0.2) is 4.98 Å². The smallest absolute Gasteiger partial charge is 0.221 e.